The molecule has 0 radical (unpaired) electrons. The summed E-state index contributed by atoms with van der Waals surface area (Å²) in [6.45, 7) is 9.50. The highest BCUT2D eigenvalue weighted by molar-refractivity contribution is 5.93. The lowest BCUT2D eigenvalue weighted by molar-refractivity contribution is 0.0696. The van der Waals surface area contributed by atoms with Crippen LogP contribution in [-0.4, -0.2) is 11.1 Å². The van der Waals surface area contributed by atoms with Crippen molar-refractivity contribution in [3.05, 3.63) is 42.0 Å². The summed E-state index contributed by atoms with van der Waals surface area (Å²) in [5, 5.41) is 8.77. The molecule has 14 heavy (non-hydrogen) atoms. The highest BCUT2D eigenvalue weighted by Gasteiger charge is 2.07. The van der Waals surface area contributed by atoms with Crippen LogP contribution < -0.4 is 0 Å². The molecular formula is C12H16O2. The monoisotopic (exact) mass is 192 g/mol. The minimum absolute atomic E-state index is 0.310. The molecule has 0 amide bonds. The smallest absolute Gasteiger partial charge is 0.336 e. The summed E-state index contributed by atoms with van der Waals surface area (Å²) >= 11 is 0. The topological polar surface area (TPSA) is 37.3 Å². The summed E-state index contributed by atoms with van der Waals surface area (Å²) in [5.41, 5.74) is 1.78. The lowest BCUT2D eigenvalue weighted by Gasteiger charge is -2.03. The van der Waals surface area contributed by atoms with Crippen LogP contribution in [0.2, 0.25) is 0 Å². The predicted molar refractivity (Wildman–Crippen MR) is 59.5 cm³/mol. The Morgan fingerprint density at radius 3 is 1.93 bits per heavy atom. The summed E-state index contributed by atoms with van der Waals surface area (Å²) in [6.07, 6.45) is 0. The average molecular weight is 192 g/mol. The van der Waals surface area contributed by atoms with Crippen LogP contribution in [0.4, 0.5) is 0 Å². The van der Waals surface area contributed by atoms with E-state index in [0.717, 1.165) is 5.57 Å². The Bertz CT molecular complexity index is 294. The first-order valence-electron chi connectivity index (χ1n) is 4.61. The van der Waals surface area contributed by atoms with E-state index in [9.17, 15) is 4.79 Å². The molecule has 0 spiro atoms. The van der Waals surface area contributed by atoms with E-state index in [1.165, 1.54) is 0 Å². The lowest BCUT2D eigenvalue weighted by atomic mass is 10.0. The van der Waals surface area contributed by atoms with Gasteiger partial charge in [0.25, 0.3) is 0 Å². The molecule has 1 rings (SSSR count). The summed E-state index contributed by atoms with van der Waals surface area (Å²) in [6, 6.07) is 6.84. The Morgan fingerprint density at radius 2 is 1.64 bits per heavy atom. The molecule has 0 saturated carbocycles. The molecule has 0 aliphatic rings. The number of carboxylic acids is 1. The van der Waals surface area contributed by atoms with Gasteiger partial charge in [-0.3, -0.25) is 0 Å². The molecule has 76 valence electrons. The van der Waals surface area contributed by atoms with Gasteiger partial charge in [-0.15, -0.1) is 0 Å². The van der Waals surface area contributed by atoms with E-state index in [1.54, 1.807) is 31.2 Å². The van der Waals surface area contributed by atoms with E-state index in [4.69, 9.17) is 5.11 Å². The van der Waals surface area contributed by atoms with E-state index in [0.29, 0.717) is 11.1 Å². The highest BCUT2D eigenvalue weighted by Crippen LogP contribution is 2.16. The molecule has 2 heteroatoms. The second-order valence-corrected chi connectivity index (χ2v) is 2.63. The molecule has 0 aromatic heterocycles. The Hall–Kier alpha value is -1.57. The average Bonchev–Trinajstić information content (AvgIpc) is 2.20. The first-order valence-corrected chi connectivity index (χ1v) is 4.61. The van der Waals surface area contributed by atoms with Crippen molar-refractivity contribution in [2.24, 2.45) is 0 Å². The Balaban J connectivity index is 0.000000791. The SMILES string of the molecule is C=C(C)c1ccccc1C(=O)O.CC. The molecule has 0 aliphatic carbocycles. The minimum Gasteiger partial charge on any atom is -0.478 e. The zero-order chi connectivity index (χ0) is 11.1. The molecular weight excluding hydrogens is 176 g/mol. The maximum atomic E-state index is 10.7. The van der Waals surface area contributed by atoms with Gasteiger partial charge >= 0.3 is 5.97 Å². The van der Waals surface area contributed by atoms with Crippen LogP contribution in [0.3, 0.4) is 0 Å². The van der Waals surface area contributed by atoms with E-state index in [1.807, 2.05) is 13.8 Å². The van der Waals surface area contributed by atoms with Crippen molar-refractivity contribution in [3.63, 3.8) is 0 Å². The third-order valence-corrected chi connectivity index (χ3v) is 1.62. The first kappa shape index (κ1) is 12.4. The molecule has 0 saturated heterocycles. The Labute approximate surface area is 84.9 Å². The third-order valence-electron chi connectivity index (χ3n) is 1.62. The number of benzene rings is 1. The second-order valence-electron chi connectivity index (χ2n) is 2.63. The van der Waals surface area contributed by atoms with Gasteiger partial charge < -0.3 is 5.11 Å². The highest BCUT2D eigenvalue weighted by atomic mass is 16.4. The predicted octanol–water partition coefficient (Wildman–Crippen LogP) is 3.44. The van der Waals surface area contributed by atoms with E-state index >= 15 is 0 Å². The molecule has 0 bridgehead atoms. The molecule has 2 nitrogen and oxygen atoms in total. The van der Waals surface area contributed by atoms with Gasteiger partial charge in [0.2, 0.25) is 0 Å². The second kappa shape index (κ2) is 5.97. The van der Waals surface area contributed by atoms with Crippen LogP contribution in [0.1, 0.15) is 36.7 Å². The van der Waals surface area contributed by atoms with Crippen molar-refractivity contribution in [1.82, 2.24) is 0 Å². The summed E-state index contributed by atoms with van der Waals surface area (Å²) in [4.78, 5) is 10.7. The van der Waals surface area contributed by atoms with Crippen molar-refractivity contribution in [1.29, 1.82) is 0 Å². The van der Waals surface area contributed by atoms with Gasteiger partial charge in [-0.1, -0.05) is 44.2 Å². The molecule has 1 N–H and O–H groups in total. The van der Waals surface area contributed by atoms with Gasteiger partial charge in [-0.25, -0.2) is 4.79 Å². The fourth-order valence-corrected chi connectivity index (χ4v) is 1.04. The van der Waals surface area contributed by atoms with Crippen molar-refractivity contribution < 1.29 is 9.90 Å². The maximum Gasteiger partial charge on any atom is 0.336 e. The zero-order valence-electron chi connectivity index (χ0n) is 8.87. The van der Waals surface area contributed by atoms with E-state index in [-0.39, 0.29) is 0 Å². The molecule has 1 aromatic carbocycles. The number of carboxylic acid groups (broad SMARTS) is 1. The molecule has 0 atom stereocenters. The number of rotatable bonds is 2. The summed E-state index contributed by atoms with van der Waals surface area (Å²) in [5.74, 6) is -0.909. The Morgan fingerprint density at radius 1 is 1.21 bits per heavy atom. The quantitative estimate of drug-likeness (QED) is 0.779. The fraction of sp³-hybridized carbons (Fsp3) is 0.250. The standard InChI is InChI=1S/C10H10O2.C2H6/c1-7(2)8-5-3-4-6-9(8)10(11)12;1-2/h3-6H,1H2,2H3,(H,11,12);1-2H3. The fourth-order valence-electron chi connectivity index (χ4n) is 1.04. The molecule has 1 aromatic rings. The first-order chi connectivity index (χ1) is 6.63. The van der Waals surface area contributed by atoms with Crippen LogP contribution in [0.15, 0.2) is 30.8 Å². The summed E-state index contributed by atoms with van der Waals surface area (Å²) in [7, 11) is 0. The van der Waals surface area contributed by atoms with Crippen LogP contribution in [-0.2, 0) is 0 Å². The number of carbonyl (C=O) groups is 1. The van der Waals surface area contributed by atoms with Crippen molar-refractivity contribution in [3.8, 4) is 0 Å². The van der Waals surface area contributed by atoms with E-state index < -0.39 is 5.97 Å². The van der Waals surface area contributed by atoms with Crippen LogP contribution in [0.25, 0.3) is 5.57 Å². The van der Waals surface area contributed by atoms with Gasteiger partial charge in [-0.2, -0.15) is 0 Å². The Kier molecular flexibility index (Phi) is 5.30. The van der Waals surface area contributed by atoms with Gasteiger partial charge in [0.15, 0.2) is 0 Å². The number of allylic oxidation sites excluding steroid dienone is 1. The molecule has 0 aliphatic heterocycles. The minimum atomic E-state index is -0.909. The number of aromatic carboxylic acids is 1. The molecule has 0 heterocycles. The third kappa shape index (κ3) is 3.05. The van der Waals surface area contributed by atoms with Gasteiger partial charge in [0, 0.05) is 0 Å². The molecule has 0 unspecified atom stereocenters. The number of hydrogen-bond acceptors (Lipinski definition) is 1. The molecule has 0 fully saturated rings. The van der Waals surface area contributed by atoms with Crippen LogP contribution in [0, 0.1) is 0 Å². The number of hydrogen-bond donors (Lipinski definition) is 1. The van der Waals surface area contributed by atoms with Gasteiger partial charge in [-0.05, 0) is 18.6 Å². The largest absolute Gasteiger partial charge is 0.478 e. The van der Waals surface area contributed by atoms with Crippen molar-refractivity contribution >= 4 is 11.5 Å². The van der Waals surface area contributed by atoms with E-state index in [2.05, 4.69) is 6.58 Å². The van der Waals surface area contributed by atoms with Crippen molar-refractivity contribution in [2.45, 2.75) is 20.8 Å². The van der Waals surface area contributed by atoms with Gasteiger partial charge in [0.05, 0.1) is 5.56 Å². The van der Waals surface area contributed by atoms with Crippen LogP contribution in [0.5, 0.6) is 0 Å². The normalized spacial score (nSPS) is 8.50. The lowest BCUT2D eigenvalue weighted by Crippen LogP contribution is -1.99. The van der Waals surface area contributed by atoms with Crippen molar-refractivity contribution in [2.75, 3.05) is 0 Å². The summed E-state index contributed by atoms with van der Waals surface area (Å²) < 4.78 is 0. The maximum absolute atomic E-state index is 10.7. The van der Waals surface area contributed by atoms with Crippen LogP contribution >= 0.6 is 0 Å². The van der Waals surface area contributed by atoms with Gasteiger partial charge in [0.1, 0.15) is 0 Å². The zero-order valence-corrected chi connectivity index (χ0v) is 8.87.